The molecule has 7 heteroatoms. The van der Waals surface area contributed by atoms with E-state index in [1.165, 1.54) is 21.0 Å². The summed E-state index contributed by atoms with van der Waals surface area (Å²) in [6.45, 7) is 1.73. The second-order valence-corrected chi connectivity index (χ2v) is 8.22. The van der Waals surface area contributed by atoms with Gasteiger partial charge in [-0.05, 0) is 24.0 Å². The van der Waals surface area contributed by atoms with Crippen LogP contribution in [-0.4, -0.2) is 54.7 Å². The molecular weight excluding hydrogens is 304 g/mol. The standard InChI is InChI=1S/C15H20N2O4S/c1-22(20,21)17-10-12-4-2-3-5-13(12)15(11-17)6-8-16(9-7-15)14(18)19/h2-5H,6-11H2,1H3,(H,18,19). The molecular formula is C15H20N2O4S. The van der Waals surface area contributed by atoms with Crippen LogP contribution in [-0.2, 0) is 22.0 Å². The van der Waals surface area contributed by atoms with Crippen molar-refractivity contribution in [1.82, 2.24) is 9.21 Å². The Bertz CT molecular complexity index is 693. The highest BCUT2D eigenvalue weighted by Gasteiger charge is 2.44. The van der Waals surface area contributed by atoms with E-state index in [-0.39, 0.29) is 5.41 Å². The number of carbonyl (C=O) groups is 1. The minimum Gasteiger partial charge on any atom is -0.465 e. The normalized spacial score (nSPS) is 21.6. The van der Waals surface area contributed by atoms with E-state index in [1.54, 1.807) is 0 Å². The molecule has 0 aromatic heterocycles. The fourth-order valence-electron chi connectivity index (χ4n) is 3.63. The average Bonchev–Trinajstić information content (AvgIpc) is 2.47. The summed E-state index contributed by atoms with van der Waals surface area (Å²) in [5, 5.41) is 9.12. The Labute approximate surface area is 130 Å². The van der Waals surface area contributed by atoms with Crippen molar-refractivity contribution in [2.75, 3.05) is 25.9 Å². The number of nitrogens with zero attached hydrogens (tertiary/aromatic N) is 2. The number of fused-ring (bicyclic) bond motifs is 2. The zero-order chi connectivity index (χ0) is 16.0. The molecule has 3 rings (SSSR count). The topological polar surface area (TPSA) is 77.9 Å². The van der Waals surface area contributed by atoms with Crippen LogP contribution in [0.2, 0.25) is 0 Å². The second kappa shape index (κ2) is 5.24. The predicted molar refractivity (Wildman–Crippen MR) is 82.2 cm³/mol. The molecule has 1 N–H and O–H groups in total. The molecule has 120 valence electrons. The Morgan fingerprint density at radius 1 is 1.23 bits per heavy atom. The Balaban J connectivity index is 1.98. The summed E-state index contributed by atoms with van der Waals surface area (Å²) in [6, 6.07) is 7.92. The third-order valence-electron chi connectivity index (χ3n) is 4.87. The Morgan fingerprint density at radius 3 is 2.45 bits per heavy atom. The first-order valence-electron chi connectivity index (χ1n) is 7.33. The lowest BCUT2D eigenvalue weighted by molar-refractivity contribution is 0.105. The van der Waals surface area contributed by atoms with Crippen molar-refractivity contribution in [1.29, 1.82) is 0 Å². The van der Waals surface area contributed by atoms with Crippen LogP contribution in [0.1, 0.15) is 24.0 Å². The Hall–Kier alpha value is -1.60. The first kappa shape index (κ1) is 15.3. The fraction of sp³-hybridized carbons (Fsp3) is 0.533. The van der Waals surface area contributed by atoms with Crippen molar-refractivity contribution < 1.29 is 18.3 Å². The summed E-state index contributed by atoms with van der Waals surface area (Å²) in [5.74, 6) is 0. The van der Waals surface area contributed by atoms with E-state index in [0.29, 0.717) is 39.0 Å². The highest BCUT2D eigenvalue weighted by molar-refractivity contribution is 7.88. The molecule has 0 bridgehead atoms. The van der Waals surface area contributed by atoms with Crippen LogP contribution in [0, 0.1) is 0 Å². The molecule has 1 aromatic carbocycles. The number of benzene rings is 1. The smallest absolute Gasteiger partial charge is 0.407 e. The van der Waals surface area contributed by atoms with Crippen molar-refractivity contribution in [3.05, 3.63) is 35.4 Å². The van der Waals surface area contributed by atoms with E-state index in [4.69, 9.17) is 5.11 Å². The molecule has 1 fully saturated rings. The number of sulfonamides is 1. The van der Waals surface area contributed by atoms with Gasteiger partial charge in [-0.25, -0.2) is 13.2 Å². The molecule has 0 atom stereocenters. The van der Waals surface area contributed by atoms with E-state index in [9.17, 15) is 13.2 Å². The van der Waals surface area contributed by atoms with E-state index in [1.807, 2.05) is 18.2 Å². The van der Waals surface area contributed by atoms with Crippen LogP contribution in [0.3, 0.4) is 0 Å². The maximum absolute atomic E-state index is 12.0. The average molecular weight is 324 g/mol. The quantitative estimate of drug-likeness (QED) is 0.848. The fourth-order valence-corrected chi connectivity index (χ4v) is 4.49. The highest BCUT2D eigenvalue weighted by Crippen LogP contribution is 2.42. The van der Waals surface area contributed by atoms with E-state index < -0.39 is 16.1 Å². The molecule has 0 saturated carbocycles. The van der Waals surface area contributed by atoms with Gasteiger partial charge in [0.05, 0.1) is 6.26 Å². The maximum atomic E-state index is 12.0. The monoisotopic (exact) mass is 324 g/mol. The van der Waals surface area contributed by atoms with E-state index >= 15 is 0 Å². The molecule has 0 unspecified atom stereocenters. The van der Waals surface area contributed by atoms with Crippen molar-refractivity contribution in [2.45, 2.75) is 24.8 Å². The molecule has 2 aliphatic rings. The maximum Gasteiger partial charge on any atom is 0.407 e. The van der Waals surface area contributed by atoms with Crippen molar-refractivity contribution in [3.8, 4) is 0 Å². The van der Waals surface area contributed by atoms with Gasteiger partial charge in [-0.15, -0.1) is 0 Å². The number of hydrogen-bond donors (Lipinski definition) is 1. The lowest BCUT2D eigenvalue weighted by Crippen LogP contribution is -2.53. The van der Waals surface area contributed by atoms with Crippen molar-refractivity contribution in [2.24, 2.45) is 0 Å². The second-order valence-electron chi connectivity index (χ2n) is 6.24. The summed E-state index contributed by atoms with van der Waals surface area (Å²) in [7, 11) is -3.27. The molecule has 0 radical (unpaired) electrons. The Kier molecular flexibility index (Phi) is 3.65. The van der Waals surface area contributed by atoms with Gasteiger partial charge in [-0.3, -0.25) is 0 Å². The summed E-state index contributed by atoms with van der Waals surface area (Å²) in [5.41, 5.74) is 1.94. The molecule has 1 amide bonds. The summed E-state index contributed by atoms with van der Waals surface area (Å²) in [4.78, 5) is 12.5. The van der Waals surface area contributed by atoms with Gasteiger partial charge in [0.25, 0.3) is 0 Å². The van der Waals surface area contributed by atoms with Gasteiger partial charge in [0, 0.05) is 31.6 Å². The number of rotatable bonds is 1. The first-order valence-corrected chi connectivity index (χ1v) is 9.18. The molecule has 6 nitrogen and oxygen atoms in total. The van der Waals surface area contributed by atoms with E-state index in [2.05, 4.69) is 6.07 Å². The van der Waals surface area contributed by atoms with Crippen LogP contribution in [0.25, 0.3) is 0 Å². The minimum atomic E-state index is -3.27. The van der Waals surface area contributed by atoms with Gasteiger partial charge in [0.2, 0.25) is 10.0 Å². The van der Waals surface area contributed by atoms with Gasteiger partial charge in [-0.1, -0.05) is 24.3 Å². The molecule has 1 aromatic rings. The predicted octanol–water partition coefficient (Wildman–Crippen LogP) is 1.47. The van der Waals surface area contributed by atoms with Crippen LogP contribution in [0.5, 0.6) is 0 Å². The lowest BCUT2D eigenvalue weighted by Gasteiger charge is -2.47. The molecule has 1 spiro atoms. The molecule has 2 heterocycles. The zero-order valence-electron chi connectivity index (χ0n) is 12.5. The lowest BCUT2D eigenvalue weighted by atomic mass is 9.69. The van der Waals surface area contributed by atoms with E-state index in [0.717, 1.165) is 5.56 Å². The number of hydrogen-bond acceptors (Lipinski definition) is 3. The third kappa shape index (κ3) is 2.59. The van der Waals surface area contributed by atoms with Gasteiger partial charge in [0.15, 0.2) is 0 Å². The molecule has 2 aliphatic heterocycles. The van der Waals surface area contributed by atoms with Gasteiger partial charge in [0.1, 0.15) is 0 Å². The summed E-state index contributed by atoms with van der Waals surface area (Å²) < 4.78 is 25.6. The minimum absolute atomic E-state index is 0.274. The van der Waals surface area contributed by atoms with Crippen LogP contribution in [0.4, 0.5) is 4.79 Å². The van der Waals surface area contributed by atoms with Crippen LogP contribution >= 0.6 is 0 Å². The van der Waals surface area contributed by atoms with Crippen LogP contribution < -0.4 is 0 Å². The number of carboxylic acid groups (broad SMARTS) is 1. The Morgan fingerprint density at radius 2 is 1.86 bits per heavy atom. The van der Waals surface area contributed by atoms with Crippen molar-refractivity contribution in [3.63, 3.8) is 0 Å². The number of likely N-dealkylation sites (tertiary alicyclic amines) is 1. The van der Waals surface area contributed by atoms with Gasteiger partial charge < -0.3 is 10.0 Å². The van der Waals surface area contributed by atoms with Gasteiger partial charge >= 0.3 is 6.09 Å². The highest BCUT2D eigenvalue weighted by atomic mass is 32.2. The van der Waals surface area contributed by atoms with Crippen molar-refractivity contribution >= 4 is 16.1 Å². The largest absolute Gasteiger partial charge is 0.465 e. The summed E-state index contributed by atoms with van der Waals surface area (Å²) >= 11 is 0. The molecule has 22 heavy (non-hydrogen) atoms. The SMILES string of the molecule is CS(=O)(=O)N1Cc2ccccc2C2(CCN(C(=O)O)CC2)C1. The molecule has 1 saturated heterocycles. The number of amides is 1. The first-order chi connectivity index (χ1) is 10.3. The third-order valence-corrected chi connectivity index (χ3v) is 6.07. The molecule has 0 aliphatic carbocycles. The van der Waals surface area contributed by atoms with Crippen LogP contribution in [0.15, 0.2) is 24.3 Å². The van der Waals surface area contributed by atoms with Gasteiger partial charge in [-0.2, -0.15) is 4.31 Å². The summed E-state index contributed by atoms with van der Waals surface area (Å²) in [6.07, 6.45) is 1.64. The zero-order valence-corrected chi connectivity index (χ0v) is 13.3. The number of piperidine rings is 1.